The number of sulfone groups is 1. The van der Waals surface area contributed by atoms with Gasteiger partial charge < -0.3 is 5.32 Å². The van der Waals surface area contributed by atoms with Crippen molar-refractivity contribution in [2.45, 2.75) is 45.4 Å². The highest BCUT2D eigenvalue weighted by atomic mass is 32.2. The molecule has 1 N–H and O–H groups in total. The molecule has 0 saturated heterocycles. The van der Waals surface area contributed by atoms with Crippen molar-refractivity contribution in [3.05, 3.63) is 35.4 Å². The molecular formula is C15H25NO2S. The largest absolute Gasteiger partial charge is 0.312 e. The first kappa shape index (κ1) is 16.2. The number of benzene rings is 1. The van der Waals surface area contributed by atoms with Crippen LogP contribution in [-0.4, -0.2) is 26.3 Å². The van der Waals surface area contributed by atoms with Gasteiger partial charge in [0.2, 0.25) is 0 Å². The van der Waals surface area contributed by atoms with Crippen LogP contribution < -0.4 is 5.32 Å². The molecule has 0 aliphatic carbocycles. The van der Waals surface area contributed by atoms with Crippen LogP contribution in [0.15, 0.2) is 24.3 Å². The molecule has 0 radical (unpaired) electrons. The molecule has 1 rings (SSSR count). The van der Waals surface area contributed by atoms with Crippen LogP contribution in [0, 0.1) is 6.92 Å². The first-order valence-corrected chi connectivity index (χ1v) is 8.52. The van der Waals surface area contributed by atoms with Crippen LogP contribution in [0.25, 0.3) is 0 Å². The highest BCUT2D eigenvalue weighted by molar-refractivity contribution is 7.90. The summed E-state index contributed by atoms with van der Waals surface area (Å²) in [5, 5.41) is 3.31. The van der Waals surface area contributed by atoms with E-state index in [1.54, 1.807) is 0 Å². The van der Waals surface area contributed by atoms with Gasteiger partial charge in [0.15, 0.2) is 9.84 Å². The third-order valence-electron chi connectivity index (χ3n) is 2.92. The summed E-state index contributed by atoms with van der Waals surface area (Å²) >= 11 is 0. The van der Waals surface area contributed by atoms with Gasteiger partial charge in [-0.25, -0.2) is 8.42 Å². The van der Waals surface area contributed by atoms with Gasteiger partial charge in [-0.2, -0.15) is 0 Å². The normalized spacial score (nSPS) is 12.6. The van der Waals surface area contributed by atoms with Crippen LogP contribution in [0.5, 0.6) is 0 Å². The Morgan fingerprint density at radius 2 is 1.79 bits per heavy atom. The fourth-order valence-corrected chi connectivity index (χ4v) is 3.36. The summed E-state index contributed by atoms with van der Waals surface area (Å²) in [7, 11) is -3.01. The summed E-state index contributed by atoms with van der Waals surface area (Å²) in [5.74, 6) is 0.388. The molecule has 0 spiro atoms. The number of hydrogen-bond acceptors (Lipinski definition) is 3. The fraction of sp³-hybridized carbons (Fsp3) is 0.600. The van der Waals surface area contributed by atoms with Crippen molar-refractivity contribution >= 4 is 9.84 Å². The molecule has 19 heavy (non-hydrogen) atoms. The zero-order chi connectivity index (χ0) is 14.5. The van der Waals surface area contributed by atoms with Crippen molar-refractivity contribution in [3.63, 3.8) is 0 Å². The summed E-state index contributed by atoms with van der Waals surface area (Å²) in [5.41, 5.74) is 1.99. The summed E-state index contributed by atoms with van der Waals surface area (Å²) in [6.45, 7) is 8.92. The molecule has 1 aromatic carbocycles. The second kappa shape index (κ2) is 6.53. The average Bonchev–Trinajstić information content (AvgIpc) is 2.26. The lowest BCUT2D eigenvalue weighted by atomic mass is 10.1. The summed E-state index contributed by atoms with van der Waals surface area (Å²) in [6, 6.07) is 7.66. The van der Waals surface area contributed by atoms with E-state index in [0.29, 0.717) is 6.42 Å². The van der Waals surface area contributed by atoms with E-state index >= 15 is 0 Å². The molecule has 0 aromatic heterocycles. The third kappa shape index (κ3) is 6.73. The van der Waals surface area contributed by atoms with Crippen LogP contribution in [0.2, 0.25) is 0 Å². The lowest BCUT2D eigenvalue weighted by molar-refractivity contribution is 0.426. The van der Waals surface area contributed by atoms with Crippen molar-refractivity contribution in [1.82, 2.24) is 5.32 Å². The number of aryl methyl sites for hydroxylation is 1. The van der Waals surface area contributed by atoms with E-state index in [-0.39, 0.29) is 17.0 Å². The maximum atomic E-state index is 12.0. The first-order chi connectivity index (χ1) is 8.70. The summed E-state index contributed by atoms with van der Waals surface area (Å²) < 4.78 is 24.1. The monoisotopic (exact) mass is 283 g/mol. The summed E-state index contributed by atoms with van der Waals surface area (Å²) in [4.78, 5) is 0. The van der Waals surface area contributed by atoms with Gasteiger partial charge in [0.1, 0.15) is 0 Å². The zero-order valence-electron chi connectivity index (χ0n) is 12.4. The highest BCUT2D eigenvalue weighted by Crippen LogP contribution is 2.12. The van der Waals surface area contributed by atoms with Crippen molar-refractivity contribution < 1.29 is 8.42 Å². The SMILES string of the molecule is Cc1ccccc1CS(=O)(=O)CCCNC(C)(C)C. The van der Waals surface area contributed by atoms with E-state index in [1.807, 2.05) is 31.2 Å². The van der Waals surface area contributed by atoms with Gasteiger partial charge in [-0.05, 0) is 51.8 Å². The Labute approximate surface area is 117 Å². The molecule has 0 amide bonds. The van der Waals surface area contributed by atoms with Gasteiger partial charge in [0.25, 0.3) is 0 Å². The topological polar surface area (TPSA) is 46.2 Å². The molecule has 0 bridgehead atoms. The average molecular weight is 283 g/mol. The molecule has 0 aliphatic rings. The first-order valence-electron chi connectivity index (χ1n) is 6.70. The molecule has 4 heteroatoms. The maximum absolute atomic E-state index is 12.0. The molecule has 3 nitrogen and oxygen atoms in total. The van der Waals surface area contributed by atoms with Gasteiger partial charge in [-0.1, -0.05) is 24.3 Å². The second-order valence-electron chi connectivity index (χ2n) is 6.05. The smallest absolute Gasteiger partial charge is 0.154 e. The Morgan fingerprint density at radius 3 is 2.37 bits per heavy atom. The molecule has 0 heterocycles. The molecule has 0 atom stereocenters. The molecule has 0 fully saturated rings. The number of hydrogen-bond donors (Lipinski definition) is 1. The Kier molecular flexibility index (Phi) is 5.56. The standard InChI is InChI=1S/C15H25NO2S/c1-13-8-5-6-9-14(13)12-19(17,18)11-7-10-16-15(2,3)4/h5-6,8-9,16H,7,10-12H2,1-4H3. The minimum atomic E-state index is -3.01. The number of nitrogens with one attached hydrogen (secondary N) is 1. The second-order valence-corrected chi connectivity index (χ2v) is 8.23. The minimum absolute atomic E-state index is 0.0414. The Hall–Kier alpha value is -0.870. The lowest BCUT2D eigenvalue weighted by Gasteiger charge is -2.20. The predicted molar refractivity (Wildman–Crippen MR) is 81.0 cm³/mol. The van der Waals surface area contributed by atoms with Gasteiger partial charge >= 0.3 is 0 Å². The molecule has 0 saturated carbocycles. The van der Waals surface area contributed by atoms with Crippen LogP contribution in [-0.2, 0) is 15.6 Å². The third-order valence-corrected chi connectivity index (χ3v) is 4.59. The molecule has 0 unspecified atom stereocenters. The van der Waals surface area contributed by atoms with E-state index in [4.69, 9.17) is 0 Å². The Bertz CT molecular complexity index is 501. The molecule has 108 valence electrons. The van der Waals surface area contributed by atoms with Crippen LogP contribution >= 0.6 is 0 Å². The molecule has 1 aromatic rings. The van der Waals surface area contributed by atoms with Gasteiger partial charge in [-0.3, -0.25) is 0 Å². The fourth-order valence-electron chi connectivity index (χ4n) is 1.84. The lowest BCUT2D eigenvalue weighted by Crippen LogP contribution is -2.37. The van der Waals surface area contributed by atoms with E-state index in [2.05, 4.69) is 26.1 Å². The van der Waals surface area contributed by atoms with Gasteiger partial charge in [0, 0.05) is 5.54 Å². The summed E-state index contributed by atoms with van der Waals surface area (Å²) in [6.07, 6.45) is 0.658. The van der Waals surface area contributed by atoms with Crippen molar-refractivity contribution in [3.8, 4) is 0 Å². The Morgan fingerprint density at radius 1 is 1.16 bits per heavy atom. The minimum Gasteiger partial charge on any atom is -0.312 e. The van der Waals surface area contributed by atoms with Crippen molar-refractivity contribution in [2.75, 3.05) is 12.3 Å². The zero-order valence-corrected chi connectivity index (χ0v) is 13.2. The van der Waals surface area contributed by atoms with E-state index in [1.165, 1.54) is 0 Å². The quantitative estimate of drug-likeness (QED) is 0.817. The van der Waals surface area contributed by atoms with E-state index in [0.717, 1.165) is 17.7 Å². The maximum Gasteiger partial charge on any atom is 0.154 e. The predicted octanol–water partition coefficient (Wildman–Crippen LogP) is 2.69. The van der Waals surface area contributed by atoms with Crippen LogP contribution in [0.1, 0.15) is 38.3 Å². The Balaban J connectivity index is 2.47. The van der Waals surface area contributed by atoms with Crippen molar-refractivity contribution in [1.29, 1.82) is 0 Å². The molecular weight excluding hydrogens is 258 g/mol. The number of rotatable bonds is 6. The van der Waals surface area contributed by atoms with Crippen LogP contribution in [0.4, 0.5) is 0 Å². The van der Waals surface area contributed by atoms with Crippen molar-refractivity contribution in [2.24, 2.45) is 0 Å². The van der Waals surface area contributed by atoms with E-state index < -0.39 is 9.84 Å². The van der Waals surface area contributed by atoms with Gasteiger partial charge in [-0.15, -0.1) is 0 Å². The van der Waals surface area contributed by atoms with Gasteiger partial charge in [0.05, 0.1) is 11.5 Å². The van der Waals surface area contributed by atoms with Crippen LogP contribution in [0.3, 0.4) is 0 Å². The molecule has 0 aliphatic heterocycles. The highest BCUT2D eigenvalue weighted by Gasteiger charge is 2.14. The van der Waals surface area contributed by atoms with E-state index in [9.17, 15) is 8.42 Å².